The second-order valence-electron chi connectivity index (χ2n) is 5.34. The van der Waals surface area contributed by atoms with Gasteiger partial charge in [0.05, 0.1) is 4.90 Å². The Morgan fingerprint density at radius 3 is 1.96 bits per heavy atom. The van der Waals surface area contributed by atoms with Gasteiger partial charge in [0, 0.05) is 6.54 Å². The monoisotopic (exact) mass is 357 g/mol. The summed E-state index contributed by atoms with van der Waals surface area (Å²) >= 11 is 0. The van der Waals surface area contributed by atoms with Crippen molar-refractivity contribution in [1.29, 1.82) is 0 Å². The molecule has 0 fully saturated rings. The first-order valence-electron chi connectivity index (χ1n) is 7.60. The summed E-state index contributed by atoms with van der Waals surface area (Å²) in [6.07, 6.45) is 0. The number of ether oxygens (including phenoxy) is 1. The van der Waals surface area contributed by atoms with Gasteiger partial charge >= 0.3 is 0 Å². The molecule has 0 amide bonds. The van der Waals surface area contributed by atoms with Gasteiger partial charge in [0.1, 0.15) is 17.3 Å². The number of rotatable bonds is 6. The molecule has 128 valence electrons. The van der Waals surface area contributed by atoms with Crippen LogP contribution in [-0.2, 0) is 16.6 Å². The van der Waals surface area contributed by atoms with Gasteiger partial charge in [0.15, 0.2) is 0 Å². The second kappa shape index (κ2) is 7.46. The molecule has 0 aliphatic rings. The van der Waals surface area contributed by atoms with Crippen LogP contribution in [-0.4, -0.2) is 8.42 Å². The van der Waals surface area contributed by atoms with Gasteiger partial charge in [-0.2, -0.15) is 0 Å². The Bertz CT molecular complexity index is 925. The van der Waals surface area contributed by atoms with Crippen molar-refractivity contribution in [3.05, 3.63) is 90.2 Å². The molecule has 3 aromatic rings. The highest BCUT2D eigenvalue weighted by Gasteiger charge is 2.12. The molecule has 0 aromatic heterocycles. The van der Waals surface area contributed by atoms with Crippen LogP contribution in [0.3, 0.4) is 0 Å². The lowest BCUT2D eigenvalue weighted by molar-refractivity contribution is 0.480. The number of hydrogen-bond donors (Lipinski definition) is 1. The smallest absolute Gasteiger partial charge is 0.240 e. The van der Waals surface area contributed by atoms with Crippen LogP contribution >= 0.6 is 0 Å². The Kier molecular flexibility index (Phi) is 5.11. The molecule has 1 N–H and O–H groups in total. The minimum absolute atomic E-state index is 0.175. The van der Waals surface area contributed by atoms with Crippen molar-refractivity contribution in [2.75, 3.05) is 0 Å². The van der Waals surface area contributed by atoms with Gasteiger partial charge in [0.2, 0.25) is 10.0 Å². The standard InChI is InChI=1S/C19H16FNO3S/c20-16-8-12-18(13-9-16)24-17-10-6-15(7-11-17)14-21-25(22,23)19-4-2-1-3-5-19/h1-13,21H,14H2. The Labute approximate surface area is 146 Å². The average molecular weight is 357 g/mol. The summed E-state index contributed by atoms with van der Waals surface area (Å²) in [6.45, 7) is 0.175. The van der Waals surface area contributed by atoms with Gasteiger partial charge in [-0.15, -0.1) is 0 Å². The summed E-state index contributed by atoms with van der Waals surface area (Å²) in [7, 11) is -3.54. The lowest BCUT2D eigenvalue weighted by atomic mass is 10.2. The molecule has 0 spiro atoms. The number of hydrogen-bond acceptors (Lipinski definition) is 3. The first-order chi connectivity index (χ1) is 12.0. The predicted octanol–water partition coefficient (Wildman–Crippen LogP) is 4.10. The zero-order valence-corrected chi connectivity index (χ0v) is 14.0. The van der Waals surface area contributed by atoms with Crippen molar-refractivity contribution >= 4 is 10.0 Å². The van der Waals surface area contributed by atoms with Gasteiger partial charge in [0.25, 0.3) is 0 Å². The van der Waals surface area contributed by atoms with Crippen LogP contribution in [0.15, 0.2) is 83.8 Å². The molecule has 0 radical (unpaired) electrons. The van der Waals surface area contributed by atoms with E-state index >= 15 is 0 Å². The third-order valence-corrected chi connectivity index (χ3v) is 4.91. The molecule has 0 aliphatic carbocycles. The van der Waals surface area contributed by atoms with E-state index in [1.54, 1.807) is 54.6 Å². The fourth-order valence-electron chi connectivity index (χ4n) is 2.18. The van der Waals surface area contributed by atoms with Crippen molar-refractivity contribution < 1.29 is 17.5 Å². The maximum atomic E-state index is 12.9. The summed E-state index contributed by atoms with van der Waals surface area (Å²) in [6, 6.07) is 20.9. The number of benzene rings is 3. The highest BCUT2D eigenvalue weighted by Crippen LogP contribution is 2.22. The van der Waals surface area contributed by atoms with Crippen LogP contribution in [0.5, 0.6) is 11.5 Å². The average Bonchev–Trinajstić information content (AvgIpc) is 2.64. The molecule has 25 heavy (non-hydrogen) atoms. The fraction of sp³-hybridized carbons (Fsp3) is 0.0526. The fourth-order valence-corrected chi connectivity index (χ4v) is 3.21. The third-order valence-electron chi connectivity index (χ3n) is 3.49. The molecule has 0 saturated heterocycles. The van der Waals surface area contributed by atoms with E-state index in [0.717, 1.165) is 5.56 Å². The minimum atomic E-state index is -3.54. The lowest BCUT2D eigenvalue weighted by Crippen LogP contribution is -2.23. The quantitative estimate of drug-likeness (QED) is 0.723. The van der Waals surface area contributed by atoms with Crippen LogP contribution in [0.2, 0.25) is 0 Å². The van der Waals surface area contributed by atoms with Gasteiger partial charge < -0.3 is 4.74 Å². The molecule has 0 heterocycles. The second-order valence-corrected chi connectivity index (χ2v) is 7.10. The maximum absolute atomic E-state index is 12.9. The topological polar surface area (TPSA) is 55.4 Å². The summed E-state index contributed by atoms with van der Waals surface area (Å²) < 4.78 is 45.4. The van der Waals surface area contributed by atoms with Gasteiger partial charge in [-0.3, -0.25) is 0 Å². The largest absolute Gasteiger partial charge is 0.457 e. The molecule has 3 aromatic carbocycles. The summed E-state index contributed by atoms with van der Waals surface area (Å²) in [5.74, 6) is 0.786. The van der Waals surface area contributed by atoms with Crippen LogP contribution in [0, 0.1) is 5.82 Å². The molecule has 4 nitrogen and oxygen atoms in total. The van der Waals surface area contributed by atoms with Gasteiger partial charge in [-0.25, -0.2) is 17.5 Å². The summed E-state index contributed by atoms with van der Waals surface area (Å²) in [5, 5.41) is 0. The highest BCUT2D eigenvalue weighted by atomic mass is 32.2. The first-order valence-corrected chi connectivity index (χ1v) is 9.08. The Balaban J connectivity index is 1.62. The van der Waals surface area contributed by atoms with Crippen molar-refractivity contribution in [3.63, 3.8) is 0 Å². The Hall–Kier alpha value is -2.70. The van der Waals surface area contributed by atoms with Crippen molar-refractivity contribution in [1.82, 2.24) is 4.72 Å². The van der Waals surface area contributed by atoms with Crippen LogP contribution in [0.25, 0.3) is 0 Å². The summed E-state index contributed by atoms with van der Waals surface area (Å²) in [4.78, 5) is 0.228. The van der Waals surface area contributed by atoms with E-state index in [0.29, 0.717) is 11.5 Å². The molecular formula is C19H16FNO3S. The highest BCUT2D eigenvalue weighted by molar-refractivity contribution is 7.89. The van der Waals surface area contributed by atoms with E-state index in [1.165, 1.54) is 24.3 Å². The SMILES string of the molecule is O=S(=O)(NCc1ccc(Oc2ccc(F)cc2)cc1)c1ccccc1. The van der Waals surface area contributed by atoms with E-state index < -0.39 is 10.0 Å². The van der Waals surface area contributed by atoms with Gasteiger partial charge in [-0.05, 0) is 54.1 Å². The zero-order chi connectivity index (χ0) is 17.7. The Morgan fingerprint density at radius 2 is 1.36 bits per heavy atom. The summed E-state index contributed by atoms with van der Waals surface area (Å²) in [5.41, 5.74) is 0.797. The van der Waals surface area contributed by atoms with E-state index in [9.17, 15) is 12.8 Å². The van der Waals surface area contributed by atoms with E-state index in [-0.39, 0.29) is 17.3 Å². The predicted molar refractivity (Wildman–Crippen MR) is 93.4 cm³/mol. The van der Waals surface area contributed by atoms with Crippen molar-refractivity contribution in [3.8, 4) is 11.5 Å². The molecule has 6 heteroatoms. The molecule has 0 bridgehead atoms. The molecule has 0 atom stereocenters. The molecule has 3 rings (SSSR count). The number of halogens is 1. The van der Waals surface area contributed by atoms with E-state index in [2.05, 4.69) is 4.72 Å². The van der Waals surface area contributed by atoms with Crippen LogP contribution in [0.1, 0.15) is 5.56 Å². The van der Waals surface area contributed by atoms with Crippen LogP contribution in [0.4, 0.5) is 4.39 Å². The number of sulfonamides is 1. The third kappa shape index (κ3) is 4.65. The molecule has 0 aliphatic heterocycles. The van der Waals surface area contributed by atoms with Gasteiger partial charge in [-0.1, -0.05) is 30.3 Å². The minimum Gasteiger partial charge on any atom is -0.457 e. The first kappa shape index (κ1) is 17.1. The molecule has 0 unspecified atom stereocenters. The zero-order valence-electron chi connectivity index (χ0n) is 13.2. The normalized spacial score (nSPS) is 11.2. The van der Waals surface area contributed by atoms with Crippen molar-refractivity contribution in [2.45, 2.75) is 11.4 Å². The molecular weight excluding hydrogens is 341 g/mol. The maximum Gasteiger partial charge on any atom is 0.240 e. The number of nitrogens with one attached hydrogen (secondary N) is 1. The van der Waals surface area contributed by atoms with E-state index in [4.69, 9.17) is 4.74 Å². The Morgan fingerprint density at radius 1 is 0.800 bits per heavy atom. The van der Waals surface area contributed by atoms with Crippen LogP contribution < -0.4 is 9.46 Å². The lowest BCUT2D eigenvalue weighted by Gasteiger charge is -2.08. The van der Waals surface area contributed by atoms with E-state index in [1.807, 2.05) is 0 Å². The van der Waals surface area contributed by atoms with Crippen molar-refractivity contribution in [2.24, 2.45) is 0 Å². The molecule has 0 saturated carbocycles.